The second-order valence-electron chi connectivity index (χ2n) is 6.80. The van der Waals surface area contributed by atoms with Crippen LogP contribution in [0.2, 0.25) is 0 Å². The number of aromatic nitrogens is 5. The largest absolute Gasteiger partial charge is 0.381 e. The van der Waals surface area contributed by atoms with Crippen LogP contribution in [0.15, 0.2) is 43.2 Å². The van der Waals surface area contributed by atoms with Crippen LogP contribution in [0.25, 0.3) is 11.3 Å². The van der Waals surface area contributed by atoms with Crippen molar-refractivity contribution in [3.05, 3.63) is 54.6 Å². The maximum atomic E-state index is 12.4. The topological polar surface area (TPSA) is 94.8 Å². The van der Waals surface area contributed by atoms with Gasteiger partial charge in [-0.3, -0.25) is 14.8 Å². The van der Waals surface area contributed by atoms with E-state index in [4.69, 9.17) is 4.74 Å². The van der Waals surface area contributed by atoms with Gasteiger partial charge in [-0.1, -0.05) is 0 Å². The highest BCUT2D eigenvalue weighted by molar-refractivity contribution is 5.89. The van der Waals surface area contributed by atoms with E-state index in [1.165, 1.54) is 0 Å². The lowest BCUT2D eigenvalue weighted by Gasteiger charge is -2.21. The summed E-state index contributed by atoms with van der Waals surface area (Å²) >= 11 is 0. The summed E-state index contributed by atoms with van der Waals surface area (Å²) in [5.41, 5.74) is 3.69. The van der Waals surface area contributed by atoms with Gasteiger partial charge < -0.3 is 14.6 Å². The fraction of sp³-hybridized carbons (Fsp3) is 0.350. The number of pyridine rings is 1. The number of nitrogens with one attached hydrogen (secondary N) is 1. The summed E-state index contributed by atoms with van der Waals surface area (Å²) in [5, 5.41) is 2.83. The molecule has 0 atom stereocenters. The van der Waals surface area contributed by atoms with Crippen molar-refractivity contribution in [3.8, 4) is 11.3 Å². The van der Waals surface area contributed by atoms with E-state index in [0.29, 0.717) is 11.7 Å². The van der Waals surface area contributed by atoms with Gasteiger partial charge in [0.25, 0.3) is 0 Å². The molecule has 1 N–H and O–H groups in total. The zero-order valence-electron chi connectivity index (χ0n) is 15.7. The number of ether oxygens (including phenoxy) is 1. The first kappa shape index (κ1) is 18.2. The minimum absolute atomic E-state index is 0.140. The molecule has 1 fully saturated rings. The molecule has 3 aromatic heterocycles. The summed E-state index contributed by atoms with van der Waals surface area (Å²) in [6.07, 6.45) is 10.3. The lowest BCUT2D eigenvalue weighted by atomic mass is 9.95. The average Bonchev–Trinajstić information content (AvgIpc) is 3.10. The highest BCUT2D eigenvalue weighted by atomic mass is 16.5. The Morgan fingerprint density at radius 2 is 2.04 bits per heavy atom. The van der Waals surface area contributed by atoms with Crippen molar-refractivity contribution < 1.29 is 9.53 Å². The molecule has 28 heavy (non-hydrogen) atoms. The van der Waals surface area contributed by atoms with E-state index in [1.807, 2.05) is 17.6 Å². The number of carbonyl (C=O) groups excluding carboxylic acids is 1. The molecule has 0 aliphatic carbocycles. The molecule has 1 saturated heterocycles. The Labute approximate surface area is 163 Å². The molecular weight excluding hydrogens is 356 g/mol. The molecule has 4 heterocycles. The first-order valence-electron chi connectivity index (χ1n) is 9.32. The zero-order valence-corrected chi connectivity index (χ0v) is 15.7. The smallest absolute Gasteiger partial charge is 0.245 e. The van der Waals surface area contributed by atoms with Crippen LogP contribution < -0.4 is 5.32 Å². The monoisotopic (exact) mass is 378 g/mol. The molecule has 8 nitrogen and oxygen atoms in total. The Morgan fingerprint density at radius 3 is 2.75 bits per heavy atom. The van der Waals surface area contributed by atoms with Gasteiger partial charge in [-0.25, -0.2) is 9.97 Å². The normalized spacial score (nSPS) is 14.8. The van der Waals surface area contributed by atoms with Crippen LogP contribution in [-0.4, -0.2) is 43.6 Å². The quantitative estimate of drug-likeness (QED) is 0.733. The first-order chi connectivity index (χ1) is 13.7. The van der Waals surface area contributed by atoms with Gasteiger partial charge in [0.15, 0.2) is 0 Å². The summed E-state index contributed by atoms with van der Waals surface area (Å²) < 4.78 is 7.31. The van der Waals surface area contributed by atoms with Gasteiger partial charge in [-0.2, -0.15) is 0 Å². The van der Waals surface area contributed by atoms with Crippen molar-refractivity contribution in [2.75, 3.05) is 18.5 Å². The van der Waals surface area contributed by atoms with Crippen molar-refractivity contribution in [2.45, 2.75) is 32.2 Å². The lowest BCUT2D eigenvalue weighted by Crippen LogP contribution is -2.20. The van der Waals surface area contributed by atoms with Crippen molar-refractivity contribution >= 4 is 11.7 Å². The average molecular weight is 378 g/mol. The predicted octanol–water partition coefficient (Wildman–Crippen LogP) is 2.58. The SMILES string of the molecule is Cc1c(C2CCOCC2)ncn1CC(=O)Nc1ccc(-c2cnccn2)cn1. The molecule has 1 aliphatic heterocycles. The number of amides is 1. The van der Waals surface area contributed by atoms with E-state index < -0.39 is 0 Å². The minimum Gasteiger partial charge on any atom is -0.381 e. The Morgan fingerprint density at radius 1 is 1.18 bits per heavy atom. The molecule has 8 heteroatoms. The highest BCUT2D eigenvalue weighted by Crippen LogP contribution is 2.28. The Balaban J connectivity index is 1.39. The summed E-state index contributed by atoms with van der Waals surface area (Å²) in [5.74, 6) is 0.771. The molecule has 1 amide bonds. The van der Waals surface area contributed by atoms with E-state index in [-0.39, 0.29) is 12.5 Å². The van der Waals surface area contributed by atoms with Gasteiger partial charge in [0.05, 0.1) is 23.9 Å². The van der Waals surface area contributed by atoms with E-state index in [9.17, 15) is 4.79 Å². The van der Waals surface area contributed by atoms with Crippen LogP contribution in [0.3, 0.4) is 0 Å². The molecule has 4 rings (SSSR count). The molecule has 1 aliphatic rings. The van der Waals surface area contributed by atoms with Crippen LogP contribution in [0.5, 0.6) is 0 Å². The summed E-state index contributed by atoms with van der Waals surface area (Å²) in [6.45, 7) is 3.76. The molecule has 0 aromatic carbocycles. The second-order valence-corrected chi connectivity index (χ2v) is 6.80. The third-order valence-electron chi connectivity index (χ3n) is 4.95. The van der Waals surface area contributed by atoms with Gasteiger partial charge in [-0.05, 0) is 31.9 Å². The molecular formula is C20H22N6O2. The molecule has 0 spiro atoms. The number of hydrogen-bond acceptors (Lipinski definition) is 6. The summed E-state index contributed by atoms with van der Waals surface area (Å²) in [7, 11) is 0. The van der Waals surface area contributed by atoms with Gasteiger partial charge in [0.1, 0.15) is 12.4 Å². The van der Waals surface area contributed by atoms with Gasteiger partial charge >= 0.3 is 0 Å². The standard InChI is InChI=1S/C20H22N6O2/c1-14-20(15-4-8-28-9-5-15)24-13-26(14)12-19(27)25-18-3-2-16(10-23-18)17-11-21-6-7-22-17/h2-3,6-7,10-11,13,15H,4-5,8-9,12H2,1H3,(H,23,25,27). The van der Waals surface area contributed by atoms with E-state index in [2.05, 4.69) is 25.3 Å². The fourth-order valence-electron chi connectivity index (χ4n) is 3.39. The lowest BCUT2D eigenvalue weighted by molar-refractivity contribution is -0.116. The fourth-order valence-corrected chi connectivity index (χ4v) is 3.39. The molecule has 0 unspecified atom stereocenters. The summed E-state index contributed by atoms with van der Waals surface area (Å²) in [6, 6.07) is 3.62. The first-order valence-corrected chi connectivity index (χ1v) is 9.32. The van der Waals surface area contributed by atoms with Crippen LogP contribution in [0.4, 0.5) is 5.82 Å². The number of anilines is 1. The number of hydrogen-bond donors (Lipinski definition) is 1. The molecule has 144 valence electrons. The third kappa shape index (κ3) is 4.07. The Bertz CT molecular complexity index is 933. The van der Waals surface area contributed by atoms with Gasteiger partial charge in [0, 0.05) is 49.0 Å². The molecule has 3 aromatic rings. The second kappa shape index (κ2) is 8.26. The van der Waals surface area contributed by atoms with Crippen LogP contribution in [0, 0.1) is 6.92 Å². The number of carbonyl (C=O) groups is 1. The Kier molecular flexibility index (Phi) is 5.38. The minimum atomic E-state index is -0.140. The Hall–Kier alpha value is -3.13. The molecule has 0 radical (unpaired) electrons. The van der Waals surface area contributed by atoms with Crippen LogP contribution in [-0.2, 0) is 16.1 Å². The van der Waals surface area contributed by atoms with Crippen molar-refractivity contribution in [1.29, 1.82) is 0 Å². The van der Waals surface area contributed by atoms with Crippen LogP contribution >= 0.6 is 0 Å². The number of imidazole rings is 1. The number of rotatable bonds is 5. The maximum absolute atomic E-state index is 12.4. The van der Waals surface area contributed by atoms with E-state index >= 15 is 0 Å². The molecule has 0 saturated carbocycles. The zero-order chi connectivity index (χ0) is 19.3. The van der Waals surface area contributed by atoms with Crippen LogP contribution in [0.1, 0.15) is 30.1 Å². The van der Waals surface area contributed by atoms with Crippen molar-refractivity contribution in [2.24, 2.45) is 0 Å². The van der Waals surface area contributed by atoms with Gasteiger partial charge in [-0.15, -0.1) is 0 Å². The molecule has 0 bridgehead atoms. The summed E-state index contributed by atoms with van der Waals surface area (Å²) in [4.78, 5) is 29.6. The van der Waals surface area contributed by atoms with E-state index in [1.54, 1.807) is 37.2 Å². The van der Waals surface area contributed by atoms with Gasteiger partial charge in [0.2, 0.25) is 5.91 Å². The maximum Gasteiger partial charge on any atom is 0.245 e. The third-order valence-corrected chi connectivity index (χ3v) is 4.95. The predicted molar refractivity (Wildman–Crippen MR) is 104 cm³/mol. The van der Waals surface area contributed by atoms with E-state index in [0.717, 1.165) is 48.7 Å². The number of nitrogens with zero attached hydrogens (tertiary/aromatic N) is 5. The highest BCUT2D eigenvalue weighted by Gasteiger charge is 2.21. The van der Waals surface area contributed by atoms with Crippen molar-refractivity contribution in [3.63, 3.8) is 0 Å². The van der Waals surface area contributed by atoms with Crippen molar-refractivity contribution in [1.82, 2.24) is 24.5 Å².